The van der Waals surface area contributed by atoms with Gasteiger partial charge >= 0.3 is 0 Å². The van der Waals surface area contributed by atoms with E-state index >= 15 is 0 Å². The van der Waals surface area contributed by atoms with Crippen LogP contribution in [0, 0.1) is 5.41 Å². The van der Waals surface area contributed by atoms with Crippen molar-refractivity contribution in [3.8, 4) is 0 Å². The number of carbonyl (C=O) groups excluding carboxylic acids is 1. The SMILES string of the molecule is CC(=O)N1[C@H]2CCCC[C@H]3N[C@@H](Cc4ccccc4)[C@@H]1C[C@@]23C. The molecule has 1 aromatic carbocycles. The number of fused-ring (bicyclic) bond motifs is 1. The van der Waals surface area contributed by atoms with Crippen molar-refractivity contribution in [3.63, 3.8) is 0 Å². The number of nitrogens with one attached hydrogen (secondary N) is 1. The maximum absolute atomic E-state index is 12.4. The van der Waals surface area contributed by atoms with Crippen LogP contribution in [0.3, 0.4) is 0 Å². The number of carbonyl (C=O) groups is 1. The first kappa shape index (κ1) is 15.2. The van der Waals surface area contributed by atoms with E-state index in [1.54, 1.807) is 6.92 Å². The van der Waals surface area contributed by atoms with Gasteiger partial charge in [-0.1, -0.05) is 50.1 Å². The third-order valence-corrected chi connectivity index (χ3v) is 6.66. The Bertz CT molecular complexity index is 587. The predicted octanol–water partition coefficient (Wildman–Crippen LogP) is 3.14. The van der Waals surface area contributed by atoms with Crippen LogP contribution in [0.2, 0.25) is 0 Å². The van der Waals surface area contributed by atoms with Gasteiger partial charge < -0.3 is 10.2 Å². The third-order valence-electron chi connectivity index (χ3n) is 6.66. The molecule has 2 aliphatic heterocycles. The van der Waals surface area contributed by atoms with Gasteiger partial charge in [0.05, 0.1) is 0 Å². The Morgan fingerprint density at radius 2 is 2.00 bits per heavy atom. The van der Waals surface area contributed by atoms with Gasteiger partial charge in [-0.05, 0) is 31.2 Å². The summed E-state index contributed by atoms with van der Waals surface area (Å²) in [7, 11) is 0. The summed E-state index contributed by atoms with van der Waals surface area (Å²) in [6, 6.07) is 12.5. The Labute approximate surface area is 139 Å². The lowest BCUT2D eigenvalue weighted by atomic mass is 9.70. The number of hydrogen-bond donors (Lipinski definition) is 1. The van der Waals surface area contributed by atoms with Gasteiger partial charge in [-0.3, -0.25) is 4.79 Å². The van der Waals surface area contributed by atoms with E-state index in [0.29, 0.717) is 24.2 Å². The van der Waals surface area contributed by atoms with Crippen LogP contribution in [0.15, 0.2) is 30.3 Å². The van der Waals surface area contributed by atoms with Crippen molar-refractivity contribution in [2.45, 2.75) is 76.5 Å². The zero-order valence-electron chi connectivity index (χ0n) is 14.3. The highest BCUT2D eigenvalue weighted by molar-refractivity contribution is 5.75. The molecule has 2 bridgehead atoms. The molecule has 3 heteroatoms. The maximum atomic E-state index is 12.4. The number of likely N-dealkylation sites (tertiary alicyclic amines) is 1. The van der Waals surface area contributed by atoms with Crippen LogP contribution in [0.25, 0.3) is 0 Å². The van der Waals surface area contributed by atoms with Gasteiger partial charge in [0, 0.05) is 36.5 Å². The van der Waals surface area contributed by atoms with Crippen LogP contribution >= 0.6 is 0 Å². The summed E-state index contributed by atoms with van der Waals surface area (Å²) in [4.78, 5) is 14.7. The van der Waals surface area contributed by atoms with Gasteiger partial charge in [-0.15, -0.1) is 0 Å². The Morgan fingerprint density at radius 1 is 1.26 bits per heavy atom. The zero-order chi connectivity index (χ0) is 16.0. The summed E-state index contributed by atoms with van der Waals surface area (Å²) in [5.41, 5.74) is 1.64. The number of hydrogen-bond acceptors (Lipinski definition) is 2. The van der Waals surface area contributed by atoms with Crippen LogP contribution in [-0.4, -0.2) is 35.0 Å². The fourth-order valence-corrected chi connectivity index (χ4v) is 5.59. The maximum Gasteiger partial charge on any atom is 0.220 e. The van der Waals surface area contributed by atoms with Gasteiger partial charge in [0.15, 0.2) is 0 Å². The standard InChI is InChI=1S/C20H28N2O/c1-14(23)22-17-13-20(2)18(10-6-7-11-19(20)22)21-16(17)12-15-8-4-3-5-9-15/h3-5,8-9,16-19,21H,6-7,10-13H2,1-2H3/t16-,17-,18+,19-,20+/m0/s1. The molecule has 3 nitrogen and oxygen atoms in total. The lowest BCUT2D eigenvalue weighted by Crippen LogP contribution is -2.57. The molecule has 0 spiro atoms. The van der Waals surface area contributed by atoms with E-state index in [1.807, 2.05) is 0 Å². The summed E-state index contributed by atoms with van der Waals surface area (Å²) in [5.74, 6) is 0.270. The molecule has 3 fully saturated rings. The third kappa shape index (κ3) is 2.40. The number of nitrogens with zero attached hydrogens (tertiary/aromatic N) is 1. The summed E-state index contributed by atoms with van der Waals surface area (Å²) in [6.07, 6.45) is 7.19. The summed E-state index contributed by atoms with van der Waals surface area (Å²) >= 11 is 0. The van der Waals surface area contributed by atoms with E-state index in [-0.39, 0.29) is 11.3 Å². The van der Waals surface area contributed by atoms with E-state index in [2.05, 4.69) is 47.5 Å². The van der Waals surface area contributed by atoms with Crippen molar-refractivity contribution >= 4 is 5.91 Å². The highest BCUT2D eigenvalue weighted by Crippen LogP contribution is 2.52. The van der Waals surface area contributed by atoms with Gasteiger partial charge in [0.1, 0.15) is 0 Å². The molecule has 1 saturated carbocycles. The molecular weight excluding hydrogens is 284 g/mol. The first-order valence-corrected chi connectivity index (χ1v) is 9.18. The van der Waals surface area contributed by atoms with Crippen molar-refractivity contribution in [2.75, 3.05) is 0 Å². The smallest absolute Gasteiger partial charge is 0.220 e. The molecule has 3 aliphatic rings. The predicted molar refractivity (Wildman–Crippen MR) is 92.1 cm³/mol. The minimum Gasteiger partial charge on any atom is -0.335 e. The van der Waals surface area contributed by atoms with Crippen LogP contribution in [0.5, 0.6) is 0 Å². The van der Waals surface area contributed by atoms with Crippen LogP contribution in [-0.2, 0) is 11.2 Å². The minimum absolute atomic E-state index is 0.264. The monoisotopic (exact) mass is 312 g/mol. The van der Waals surface area contributed by atoms with Gasteiger partial charge in [-0.25, -0.2) is 0 Å². The van der Waals surface area contributed by atoms with Gasteiger partial charge in [0.25, 0.3) is 0 Å². The van der Waals surface area contributed by atoms with E-state index in [9.17, 15) is 4.79 Å². The molecule has 124 valence electrons. The summed E-state index contributed by atoms with van der Waals surface area (Å²) < 4.78 is 0. The lowest BCUT2D eigenvalue weighted by Gasteiger charge is -2.43. The van der Waals surface area contributed by atoms with Crippen molar-refractivity contribution in [2.24, 2.45) is 5.41 Å². The average molecular weight is 312 g/mol. The number of piperidine rings is 1. The quantitative estimate of drug-likeness (QED) is 0.910. The van der Waals surface area contributed by atoms with Crippen molar-refractivity contribution in [1.82, 2.24) is 10.2 Å². The van der Waals surface area contributed by atoms with E-state index in [4.69, 9.17) is 0 Å². The van der Waals surface area contributed by atoms with Gasteiger partial charge in [-0.2, -0.15) is 0 Å². The summed E-state index contributed by atoms with van der Waals surface area (Å²) in [6.45, 7) is 4.19. The second-order valence-corrected chi connectivity index (χ2v) is 8.02. The van der Waals surface area contributed by atoms with Crippen LogP contribution in [0.4, 0.5) is 0 Å². The molecule has 5 atom stereocenters. The fraction of sp³-hybridized carbons (Fsp3) is 0.650. The topological polar surface area (TPSA) is 32.3 Å². The Balaban J connectivity index is 1.67. The van der Waals surface area contributed by atoms with E-state index < -0.39 is 0 Å². The molecule has 1 N–H and O–H groups in total. The first-order valence-electron chi connectivity index (χ1n) is 9.18. The fourth-order valence-electron chi connectivity index (χ4n) is 5.59. The molecule has 1 aliphatic carbocycles. The zero-order valence-corrected chi connectivity index (χ0v) is 14.3. The molecule has 1 aromatic rings. The Hall–Kier alpha value is -1.35. The molecule has 0 radical (unpaired) electrons. The van der Waals surface area contributed by atoms with E-state index in [1.165, 1.54) is 37.7 Å². The summed E-state index contributed by atoms with van der Waals surface area (Å²) in [5, 5.41) is 3.97. The molecule has 23 heavy (non-hydrogen) atoms. The number of rotatable bonds is 2. The van der Waals surface area contributed by atoms with Crippen molar-refractivity contribution < 1.29 is 4.79 Å². The highest BCUT2D eigenvalue weighted by atomic mass is 16.2. The first-order chi connectivity index (χ1) is 11.1. The number of benzene rings is 1. The molecule has 0 unspecified atom stereocenters. The van der Waals surface area contributed by atoms with E-state index in [0.717, 1.165) is 6.42 Å². The minimum atomic E-state index is 0.264. The number of amides is 1. The lowest BCUT2D eigenvalue weighted by molar-refractivity contribution is -0.132. The van der Waals surface area contributed by atoms with Crippen LogP contribution < -0.4 is 5.32 Å². The average Bonchev–Trinajstić information content (AvgIpc) is 2.69. The normalized spacial score (nSPS) is 39.1. The Kier molecular flexibility index (Phi) is 3.72. The second kappa shape index (κ2) is 5.62. The van der Waals surface area contributed by atoms with Crippen molar-refractivity contribution in [1.29, 1.82) is 0 Å². The molecule has 4 rings (SSSR count). The molecule has 2 heterocycles. The van der Waals surface area contributed by atoms with Crippen LogP contribution in [0.1, 0.15) is 51.5 Å². The highest BCUT2D eigenvalue weighted by Gasteiger charge is 2.59. The largest absolute Gasteiger partial charge is 0.335 e. The molecular formula is C20H28N2O. The molecule has 2 saturated heterocycles. The molecule has 0 aromatic heterocycles. The second-order valence-electron chi connectivity index (χ2n) is 8.02. The Morgan fingerprint density at radius 3 is 2.74 bits per heavy atom. The van der Waals surface area contributed by atoms with Gasteiger partial charge in [0.2, 0.25) is 5.91 Å². The molecule has 1 amide bonds. The van der Waals surface area contributed by atoms with Crippen molar-refractivity contribution in [3.05, 3.63) is 35.9 Å².